The number of nitrogens with zero attached hydrogens (tertiary/aromatic N) is 2. The van der Waals surface area contributed by atoms with Crippen molar-refractivity contribution in [2.24, 2.45) is 0 Å². The number of aliphatic hydroxyl groups is 1. The summed E-state index contributed by atoms with van der Waals surface area (Å²) in [5, 5.41) is 10.2. The van der Waals surface area contributed by atoms with E-state index >= 15 is 0 Å². The highest BCUT2D eigenvalue weighted by atomic mass is 19.1. The van der Waals surface area contributed by atoms with E-state index in [1.54, 1.807) is 4.90 Å². The number of carbonyl (C=O) groups excluding carboxylic acids is 1. The van der Waals surface area contributed by atoms with Gasteiger partial charge in [-0.25, -0.2) is 4.39 Å². The van der Waals surface area contributed by atoms with E-state index in [1.165, 1.54) is 30.7 Å². The molecule has 1 amide bonds. The van der Waals surface area contributed by atoms with Crippen LogP contribution in [0.3, 0.4) is 0 Å². The molecule has 2 unspecified atom stereocenters. The predicted octanol–water partition coefficient (Wildman–Crippen LogP) is 1.65. The molecule has 1 aromatic rings. The summed E-state index contributed by atoms with van der Waals surface area (Å²) in [5.41, 5.74) is 0. The summed E-state index contributed by atoms with van der Waals surface area (Å²) in [6.07, 6.45) is 3.98. The second-order valence-corrected chi connectivity index (χ2v) is 6.58. The Labute approximate surface area is 142 Å². The molecule has 0 spiro atoms. The summed E-state index contributed by atoms with van der Waals surface area (Å²) < 4.78 is 18.3. The fourth-order valence-electron chi connectivity index (χ4n) is 3.59. The first kappa shape index (κ1) is 17.2. The van der Waals surface area contributed by atoms with E-state index in [2.05, 4.69) is 4.90 Å². The summed E-state index contributed by atoms with van der Waals surface area (Å²) >= 11 is 0. The molecular weight excluding hydrogens is 311 g/mol. The van der Waals surface area contributed by atoms with Gasteiger partial charge < -0.3 is 14.7 Å². The Kier molecular flexibility index (Phi) is 5.68. The molecule has 2 fully saturated rings. The molecule has 6 heteroatoms. The molecular formula is C18H25FN2O3. The molecule has 5 nitrogen and oxygen atoms in total. The van der Waals surface area contributed by atoms with Gasteiger partial charge in [0.15, 0.2) is 6.61 Å². The van der Waals surface area contributed by atoms with Gasteiger partial charge in [-0.2, -0.15) is 0 Å². The zero-order chi connectivity index (χ0) is 16.9. The van der Waals surface area contributed by atoms with Crippen LogP contribution in [0.5, 0.6) is 5.75 Å². The first-order valence-electron chi connectivity index (χ1n) is 8.72. The second-order valence-electron chi connectivity index (χ2n) is 6.58. The fraction of sp³-hybridized carbons (Fsp3) is 0.611. The molecule has 0 aromatic heterocycles. The number of benzene rings is 1. The summed E-state index contributed by atoms with van der Waals surface area (Å²) in [6, 6.07) is 5.91. The second kappa shape index (κ2) is 7.94. The number of hydrogen-bond donors (Lipinski definition) is 1. The van der Waals surface area contributed by atoms with Gasteiger partial charge in [0.1, 0.15) is 11.6 Å². The van der Waals surface area contributed by atoms with Crippen molar-refractivity contribution in [1.82, 2.24) is 9.80 Å². The third kappa shape index (κ3) is 4.24. The Morgan fingerprint density at radius 2 is 1.79 bits per heavy atom. The monoisotopic (exact) mass is 336 g/mol. The smallest absolute Gasteiger partial charge is 0.260 e. The van der Waals surface area contributed by atoms with Gasteiger partial charge in [-0.15, -0.1) is 0 Å². The van der Waals surface area contributed by atoms with Crippen molar-refractivity contribution in [1.29, 1.82) is 0 Å². The Bertz CT molecular complexity index is 544. The molecule has 2 atom stereocenters. The largest absolute Gasteiger partial charge is 0.484 e. The Morgan fingerprint density at radius 1 is 1.12 bits per heavy atom. The van der Waals surface area contributed by atoms with Crippen molar-refractivity contribution in [2.75, 3.05) is 32.8 Å². The Balaban J connectivity index is 1.44. The van der Waals surface area contributed by atoms with Crippen LogP contribution >= 0.6 is 0 Å². The first-order valence-corrected chi connectivity index (χ1v) is 8.72. The molecule has 0 bridgehead atoms. The van der Waals surface area contributed by atoms with E-state index in [1.807, 2.05) is 0 Å². The summed E-state index contributed by atoms with van der Waals surface area (Å²) in [6.45, 7) is 2.88. The number of amides is 1. The molecule has 1 aliphatic carbocycles. The van der Waals surface area contributed by atoms with Gasteiger partial charge in [-0.3, -0.25) is 9.69 Å². The number of carbonyl (C=O) groups is 1. The van der Waals surface area contributed by atoms with Gasteiger partial charge in [0.25, 0.3) is 5.91 Å². The number of hydrogen-bond acceptors (Lipinski definition) is 4. The van der Waals surface area contributed by atoms with Gasteiger partial charge in [-0.1, -0.05) is 12.8 Å². The number of aliphatic hydroxyl groups excluding tert-OH is 1. The highest BCUT2D eigenvalue weighted by molar-refractivity contribution is 5.77. The molecule has 1 N–H and O–H groups in total. The van der Waals surface area contributed by atoms with Crippen LogP contribution in [-0.2, 0) is 4.79 Å². The molecule has 1 aliphatic heterocycles. The van der Waals surface area contributed by atoms with Crippen LogP contribution in [0.4, 0.5) is 4.39 Å². The van der Waals surface area contributed by atoms with Crippen molar-refractivity contribution in [3.63, 3.8) is 0 Å². The first-order chi connectivity index (χ1) is 11.6. The molecule has 1 heterocycles. The quantitative estimate of drug-likeness (QED) is 0.908. The zero-order valence-corrected chi connectivity index (χ0v) is 13.9. The number of piperazine rings is 1. The molecule has 1 saturated heterocycles. The van der Waals surface area contributed by atoms with E-state index in [9.17, 15) is 14.3 Å². The molecule has 3 rings (SSSR count). The van der Waals surface area contributed by atoms with Crippen molar-refractivity contribution in [3.05, 3.63) is 30.1 Å². The minimum Gasteiger partial charge on any atom is -0.484 e. The minimum atomic E-state index is -0.324. The van der Waals surface area contributed by atoms with E-state index in [4.69, 9.17) is 4.74 Å². The Hall–Kier alpha value is -1.66. The summed E-state index contributed by atoms with van der Waals surface area (Å²) in [7, 11) is 0. The number of rotatable bonds is 4. The number of ether oxygens (including phenoxy) is 1. The van der Waals surface area contributed by atoms with Crippen LogP contribution < -0.4 is 4.74 Å². The minimum absolute atomic E-state index is 0.0301. The highest BCUT2D eigenvalue weighted by Gasteiger charge is 2.31. The van der Waals surface area contributed by atoms with Crippen molar-refractivity contribution >= 4 is 5.91 Å². The fourth-order valence-corrected chi connectivity index (χ4v) is 3.59. The molecule has 1 saturated carbocycles. The molecule has 132 valence electrons. The lowest BCUT2D eigenvalue weighted by atomic mass is 9.91. The lowest BCUT2D eigenvalue weighted by Gasteiger charge is -2.42. The van der Waals surface area contributed by atoms with Crippen LogP contribution in [0.2, 0.25) is 0 Å². The van der Waals surface area contributed by atoms with E-state index in [0.717, 1.165) is 32.4 Å². The maximum Gasteiger partial charge on any atom is 0.260 e. The van der Waals surface area contributed by atoms with Gasteiger partial charge in [0.2, 0.25) is 0 Å². The normalized spacial score (nSPS) is 25.5. The molecule has 0 radical (unpaired) electrons. The zero-order valence-electron chi connectivity index (χ0n) is 13.9. The highest BCUT2D eigenvalue weighted by Crippen LogP contribution is 2.24. The van der Waals surface area contributed by atoms with Gasteiger partial charge >= 0.3 is 0 Å². The van der Waals surface area contributed by atoms with Crippen LogP contribution in [0.25, 0.3) is 0 Å². The number of halogens is 1. The topological polar surface area (TPSA) is 53.0 Å². The van der Waals surface area contributed by atoms with E-state index in [0.29, 0.717) is 18.8 Å². The third-order valence-corrected chi connectivity index (χ3v) is 5.01. The van der Waals surface area contributed by atoms with Crippen LogP contribution in [0.15, 0.2) is 24.3 Å². The SMILES string of the molecule is O=C(COc1ccc(F)cc1)N1CCN(C2CCCCC2O)CC1. The van der Waals surface area contributed by atoms with Gasteiger partial charge in [0.05, 0.1) is 6.10 Å². The average Bonchev–Trinajstić information content (AvgIpc) is 2.61. The summed E-state index contributed by atoms with van der Waals surface area (Å²) in [4.78, 5) is 16.4. The van der Waals surface area contributed by atoms with Crippen molar-refractivity contribution < 1.29 is 19.0 Å². The van der Waals surface area contributed by atoms with Crippen LogP contribution in [0.1, 0.15) is 25.7 Å². The Morgan fingerprint density at radius 3 is 2.46 bits per heavy atom. The van der Waals surface area contributed by atoms with Gasteiger partial charge in [-0.05, 0) is 37.1 Å². The predicted molar refractivity (Wildman–Crippen MR) is 88.3 cm³/mol. The van der Waals surface area contributed by atoms with E-state index < -0.39 is 0 Å². The lowest BCUT2D eigenvalue weighted by Crippen LogP contribution is -2.56. The standard InChI is InChI=1S/C18H25FN2O3/c19-14-5-7-15(8-6-14)24-13-18(23)21-11-9-20(10-12-21)16-3-1-2-4-17(16)22/h5-8,16-17,22H,1-4,9-13H2. The average molecular weight is 336 g/mol. The van der Waals surface area contributed by atoms with Crippen LogP contribution in [-0.4, -0.2) is 65.7 Å². The molecule has 24 heavy (non-hydrogen) atoms. The van der Waals surface area contributed by atoms with Crippen molar-refractivity contribution in [2.45, 2.75) is 37.8 Å². The molecule has 2 aliphatic rings. The third-order valence-electron chi connectivity index (χ3n) is 5.01. The maximum absolute atomic E-state index is 12.8. The lowest BCUT2D eigenvalue weighted by molar-refractivity contribution is -0.136. The maximum atomic E-state index is 12.8. The van der Waals surface area contributed by atoms with Crippen LogP contribution in [0, 0.1) is 5.82 Å². The van der Waals surface area contributed by atoms with Gasteiger partial charge in [0, 0.05) is 32.2 Å². The molecule has 1 aromatic carbocycles. The van der Waals surface area contributed by atoms with Crippen molar-refractivity contribution in [3.8, 4) is 5.75 Å². The summed E-state index contributed by atoms with van der Waals surface area (Å²) in [5.74, 6) is 0.117. The van der Waals surface area contributed by atoms with E-state index in [-0.39, 0.29) is 30.5 Å².